The largest absolute Gasteiger partial charge is 0.494 e. The number of aliphatic hydroxyl groups is 1. The van der Waals surface area contributed by atoms with Crippen LogP contribution in [-0.2, 0) is 0 Å². The van der Waals surface area contributed by atoms with Gasteiger partial charge in [-0.15, -0.1) is 16.4 Å². The molecular weight excluding hydrogens is 362 g/mol. The van der Waals surface area contributed by atoms with Crippen LogP contribution in [0.3, 0.4) is 0 Å². The number of nitrogens with zero attached hydrogens (tertiary/aromatic N) is 5. The summed E-state index contributed by atoms with van der Waals surface area (Å²) in [5, 5.41) is 19.5. The molecule has 4 aromatic rings. The summed E-state index contributed by atoms with van der Waals surface area (Å²) in [6, 6.07) is 7.64. The Balaban J connectivity index is 1.47. The number of rotatable bonds is 6. The van der Waals surface area contributed by atoms with E-state index >= 15 is 0 Å². The van der Waals surface area contributed by atoms with E-state index in [0.717, 1.165) is 22.0 Å². The van der Waals surface area contributed by atoms with Gasteiger partial charge in [0, 0.05) is 4.88 Å². The summed E-state index contributed by atoms with van der Waals surface area (Å²) in [5.74, 6) is 1.36. The smallest absolute Gasteiger partial charge is 0.141 e. The Bertz CT molecular complexity index is 1080. The highest BCUT2D eigenvalue weighted by atomic mass is 32.1. The fraction of sp³-hybridized carbons (Fsp3) is 0.316. The van der Waals surface area contributed by atoms with Crippen LogP contribution in [-0.4, -0.2) is 36.1 Å². The van der Waals surface area contributed by atoms with Crippen molar-refractivity contribution in [2.45, 2.75) is 31.8 Å². The van der Waals surface area contributed by atoms with Gasteiger partial charge in [-0.05, 0) is 49.9 Å². The summed E-state index contributed by atoms with van der Waals surface area (Å²) in [5.41, 5.74) is 2.26. The molecule has 5 rings (SSSR count). The SMILES string of the molecule is CCOc1ccc(-n2cc(C(O)c3c(C4CC4)sc4cncn34)nn2)cc1. The molecule has 3 aromatic heterocycles. The molecule has 1 N–H and O–H groups in total. The first-order chi connectivity index (χ1) is 13.2. The topological polar surface area (TPSA) is 77.5 Å². The zero-order valence-corrected chi connectivity index (χ0v) is 15.6. The van der Waals surface area contributed by atoms with Crippen LogP contribution < -0.4 is 4.74 Å². The van der Waals surface area contributed by atoms with Crippen molar-refractivity contribution >= 4 is 16.2 Å². The normalized spacial score (nSPS) is 15.3. The Morgan fingerprint density at radius 1 is 1.30 bits per heavy atom. The number of aromatic nitrogens is 5. The molecule has 27 heavy (non-hydrogen) atoms. The van der Waals surface area contributed by atoms with Crippen LogP contribution in [0.4, 0.5) is 0 Å². The van der Waals surface area contributed by atoms with E-state index in [1.165, 1.54) is 17.7 Å². The molecule has 0 aliphatic heterocycles. The standard InChI is InChI=1S/C19H19N5O2S/c1-2-26-14-7-5-13(6-8-14)24-10-15(21-22-24)18(25)17-19(12-3-4-12)27-16-9-20-11-23(16)17/h5-12,18,25H,2-4H2,1H3. The molecule has 138 valence electrons. The Hall–Kier alpha value is -2.71. The number of fused-ring (bicyclic) bond motifs is 1. The molecule has 1 aliphatic rings. The molecule has 0 spiro atoms. The van der Waals surface area contributed by atoms with Crippen molar-refractivity contribution in [3.8, 4) is 11.4 Å². The number of ether oxygens (including phenoxy) is 1. The lowest BCUT2D eigenvalue weighted by molar-refractivity contribution is 0.208. The third-order valence-corrected chi connectivity index (χ3v) is 6.02. The molecule has 1 saturated carbocycles. The third-order valence-electron chi connectivity index (χ3n) is 4.74. The Labute approximate surface area is 159 Å². The van der Waals surface area contributed by atoms with Crippen LogP contribution in [0.25, 0.3) is 10.5 Å². The van der Waals surface area contributed by atoms with Crippen LogP contribution in [0, 0.1) is 0 Å². The number of aliphatic hydroxyl groups excluding tert-OH is 1. The summed E-state index contributed by atoms with van der Waals surface area (Å²) in [7, 11) is 0. The van der Waals surface area contributed by atoms with Gasteiger partial charge in [0.1, 0.15) is 28.7 Å². The van der Waals surface area contributed by atoms with Gasteiger partial charge < -0.3 is 9.84 Å². The van der Waals surface area contributed by atoms with Crippen molar-refractivity contribution < 1.29 is 9.84 Å². The molecule has 1 unspecified atom stereocenters. The second kappa shape index (κ2) is 6.47. The van der Waals surface area contributed by atoms with E-state index in [4.69, 9.17) is 4.74 Å². The van der Waals surface area contributed by atoms with Crippen molar-refractivity contribution in [3.05, 3.63) is 59.3 Å². The summed E-state index contributed by atoms with van der Waals surface area (Å²) >= 11 is 1.71. The summed E-state index contributed by atoms with van der Waals surface area (Å²) in [6.07, 6.45) is 6.89. The molecule has 1 aromatic carbocycles. The lowest BCUT2D eigenvalue weighted by atomic mass is 10.1. The van der Waals surface area contributed by atoms with Crippen molar-refractivity contribution in [1.29, 1.82) is 0 Å². The quantitative estimate of drug-likeness (QED) is 0.554. The Morgan fingerprint density at radius 2 is 2.11 bits per heavy atom. The molecule has 0 amide bonds. The minimum Gasteiger partial charge on any atom is -0.494 e. The first-order valence-corrected chi connectivity index (χ1v) is 9.84. The van der Waals surface area contributed by atoms with E-state index in [1.54, 1.807) is 28.5 Å². The van der Waals surface area contributed by atoms with Gasteiger partial charge in [-0.1, -0.05) is 5.21 Å². The van der Waals surface area contributed by atoms with Crippen LogP contribution >= 0.6 is 11.3 Å². The van der Waals surface area contributed by atoms with Gasteiger partial charge in [-0.25, -0.2) is 9.67 Å². The van der Waals surface area contributed by atoms with Crippen LogP contribution in [0.5, 0.6) is 5.75 Å². The van der Waals surface area contributed by atoms with Crippen LogP contribution in [0.1, 0.15) is 48.1 Å². The Kier molecular flexibility index (Phi) is 3.95. The molecule has 1 fully saturated rings. The van der Waals surface area contributed by atoms with Crippen molar-refractivity contribution in [1.82, 2.24) is 24.4 Å². The fourth-order valence-corrected chi connectivity index (χ4v) is 4.56. The van der Waals surface area contributed by atoms with Crippen molar-refractivity contribution in [2.75, 3.05) is 6.61 Å². The van der Waals surface area contributed by atoms with E-state index in [-0.39, 0.29) is 0 Å². The minimum atomic E-state index is -0.833. The highest BCUT2D eigenvalue weighted by Gasteiger charge is 2.33. The summed E-state index contributed by atoms with van der Waals surface area (Å²) in [6.45, 7) is 2.59. The van der Waals surface area contributed by atoms with Gasteiger partial charge >= 0.3 is 0 Å². The van der Waals surface area contributed by atoms with E-state index in [9.17, 15) is 5.11 Å². The minimum absolute atomic E-state index is 0.527. The maximum Gasteiger partial charge on any atom is 0.141 e. The van der Waals surface area contributed by atoms with Crippen LogP contribution in [0.15, 0.2) is 43.0 Å². The Morgan fingerprint density at radius 3 is 2.85 bits per heavy atom. The predicted molar refractivity (Wildman–Crippen MR) is 102 cm³/mol. The summed E-state index contributed by atoms with van der Waals surface area (Å²) in [4.78, 5) is 6.48. The lowest BCUT2D eigenvalue weighted by Gasteiger charge is -2.09. The highest BCUT2D eigenvalue weighted by Crippen LogP contribution is 2.47. The van der Waals surface area contributed by atoms with Crippen molar-refractivity contribution in [3.63, 3.8) is 0 Å². The van der Waals surface area contributed by atoms with E-state index in [0.29, 0.717) is 18.2 Å². The van der Waals surface area contributed by atoms with E-state index in [1.807, 2.05) is 41.8 Å². The molecule has 0 saturated heterocycles. The van der Waals surface area contributed by atoms with Gasteiger partial charge in [0.2, 0.25) is 0 Å². The molecule has 3 heterocycles. The zero-order chi connectivity index (χ0) is 18.4. The number of hydrogen-bond acceptors (Lipinski definition) is 6. The van der Waals surface area contributed by atoms with Gasteiger partial charge in [0.25, 0.3) is 0 Å². The van der Waals surface area contributed by atoms with E-state index in [2.05, 4.69) is 15.3 Å². The molecule has 1 aliphatic carbocycles. The predicted octanol–water partition coefficient (Wildman–Crippen LogP) is 3.33. The van der Waals surface area contributed by atoms with E-state index < -0.39 is 6.10 Å². The maximum atomic E-state index is 11.1. The molecule has 8 heteroatoms. The average molecular weight is 381 g/mol. The van der Waals surface area contributed by atoms with Gasteiger partial charge in [-0.3, -0.25) is 4.40 Å². The number of benzene rings is 1. The molecule has 0 bridgehead atoms. The maximum absolute atomic E-state index is 11.1. The monoisotopic (exact) mass is 381 g/mol. The zero-order valence-electron chi connectivity index (χ0n) is 14.8. The summed E-state index contributed by atoms with van der Waals surface area (Å²) < 4.78 is 9.11. The number of hydrogen-bond donors (Lipinski definition) is 1. The first kappa shape index (κ1) is 16.5. The highest BCUT2D eigenvalue weighted by molar-refractivity contribution is 7.17. The number of imidazole rings is 1. The molecular formula is C19H19N5O2S. The fourth-order valence-electron chi connectivity index (χ4n) is 3.26. The molecule has 1 atom stereocenters. The average Bonchev–Trinajstić information content (AvgIpc) is 3.08. The second-order valence-corrected chi connectivity index (χ2v) is 7.71. The van der Waals surface area contributed by atoms with Gasteiger partial charge in [0.05, 0.1) is 30.4 Å². The lowest BCUT2D eigenvalue weighted by Crippen LogP contribution is -2.06. The first-order valence-electron chi connectivity index (χ1n) is 9.02. The van der Waals surface area contributed by atoms with Gasteiger partial charge in [-0.2, -0.15) is 0 Å². The number of thiazole rings is 1. The second-order valence-electron chi connectivity index (χ2n) is 6.65. The van der Waals surface area contributed by atoms with Crippen molar-refractivity contribution in [2.24, 2.45) is 0 Å². The molecule has 0 radical (unpaired) electrons. The molecule has 7 nitrogen and oxygen atoms in total. The van der Waals surface area contributed by atoms with Gasteiger partial charge in [0.15, 0.2) is 0 Å². The third kappa shape index (κ3) is 2.90. The van der Waals surface area contributed by atoms with Crippen LogP contribution in [0.2, 0.25) is 0 Å².